The summed E-state index contributed by atoms with van der Waals surface area (Å²) in [5.41, 5.74) is 2.95. The van der Waals surface area contributed by atoms with Crippen molar-refractivity contribution in [2.24, 2.45) is 0 Å². The molecule has 0 spiro atoms. The van der Waals surface area contributed by atoms with Crippen LogP contribution in [0.5, 0.6) is 5.75 Å². The van der Waals surface area contributed by atoms with Gasteiger partial charge in [0.15, 0.2) is 0 Å². The first-order valence-electron chi connectivity index (χ1n) is 12.5. The van der Waals surface area contributed by atoms with Crippen LogP contribution in [0.1, 0.15) is 82.9 Å². The first-order chi connectivity index (χ1) is 16.4. The normalized spacial score (nSPS) is 12.4. The van der Waals surface area contributed by atoms with Gasteiger partial charge < -0.3 is 30.5 Å². The number of aliphatic hydroxyl groups is 3. The van der Waals surface area contributed by atoms with E-state index in [9.17, 15) is 20.4 Å². The van der Waals surface area contributed by atoms with Crippen molar-refractivity contribution < 1.29 is 25.2 Å². The van der Waals surface area contributed by atoms with E-state index in [1.807, 2.05) is 20.8 Å². The molecule has 0 aromatic heterocycles. The number of hydrogen-bond acceptors (Lipinski definition) is 6. The van der Waals surface area contributed by atoms with Gasteiger partial charge >= 0.3 is 0 Å². The number of hydrogen-bond donors (Lipinski definition) is 5. The number of benzene rings is 1. The van der Waals surface area contributed by atoms with Crippen LogP contribution in [0.3, 0.4) is 0 Å². The van der Waals surface area contributed by atoms with E-state index in [4.69, 9.17) is 4.74 Å². The molecule has 0 fully saturated rings. The van der Waals surface area contributed by atoms with Crippen molar-refractivity contribution in [1.29, 1.82) is 0 Å². The van der Waals surface area contributed by atoms with Gasteiger partial charge in [-0.1, -0.05) is 52.0 Å². The summed E-state index contributed by atoms with van der Waals surface area (Å²) in [6.07, 6.45) is 8.05. The predicted octanol–water partition coefficient (Wildman–Crippen LogP) is 5.86. The zero-order valence-electron chi connectivity index (χ0n) is 21.5. The van der Waals surface area contributed by atoms with Gasteiger partial charge in [-0.15, -0.1) is 0 Å². The molecular formula is C28H47NO5. The fourth-order valence-electron chi connectivity index (χ4n) is 3.40. The molecule has 1 atom stereocenters. The fourth-order valence-corrected chi connectivity index (χ4v) is 3.40. The highest BCUT2D eigenvalue weighted by Crippen LogP contribution is 2.22. The summed E-state index contributed by atoms with van der Waals surface area (Å²) in [4.78, 5) is 0. The van der Waals surface area contributed by atoms with Crippen LogP contribution >= 0.6 is 0 Å². The van der Waals surface area contributed by atoms with Crippen LogP contribution in [-0.2, 0) is 11.3 Å². The fraction of sp³-hybridized carbons (Fsp3) is 0.571. The zero-order chi connectivity index (χ0) is 25.8. The smallest absolute Gasteiger partial charge is 0.121 e. The maximum atomic E-state index is 10.2. The van der Waals surface area contributed by atoms with Gasteiger partial charge in [0.05, 0.1) is 12.7 Å². The summed E-state index contributed by atoms with van der Waals surface area (Å²) < 4.78 is 5.69. The lowest BCUT2D eigenvalue weighted by Crippen LogP contribution is -2.22. The second kappa shape index (κ2) is 20.3. The average Bonchev–Trinajstić information content (AvgIpc) is 2.84. The van der Waals surface area contributed by atoms with E-state index in [-0.39, 0.29) is 18.1 Å². The van der Waals surface area contributed by atoms with Gasteiger partial charge in [0.1, 0.15) is 11.5 Å². The number of aliphatic hydroxyl groups excluding tert-OH is 3. The summed E-state index contributed by atoms with van der Waals surface area (Å²) in [6, 6.07) is 4.79. The molecule has 0 aliphatic heterocycles. The maximum Gasteiger partial charge on any atom is 0.121 e. The zero-order valence-corrected chi connectivity index (χ0v) is 21.5. The molecule has 1 rings (SSSR count). The molecule has 1 aromatic carbocycles. The molecule has 1 aromatic rings. The van der Waals surface area contributed by atoms with Crippen molar-refractivity contribution in [2.75, 3.05) is 26.3 Å². The van der Waals surface area contributed by atoms with E-state index in [0.29, 0.717) is 17.7 Å². The SMILES string of the molecule is C=C/C(C)=C(/CCCCOCCCCCCNCC(O)c1ccc(O)c(CO)c1)C(=C)O.CC. The molecule has 0 heterocycles. The first kappa shape index (κ1) is 31.9. The molecule has 6 nitrogen and oxygen atoms in total. The van der Waals surface area contributed by atoms with E-state index in [2.05, 4.69) is 18.5 Å². The monoisotopic (exact) mass is 477 g/mol. The first-order valence-corrected chi connectivity index (χ1v) is 12.5. The van der Waals surface area contributed by atoms with Crippen LogP contribution in [0.15, 0.2) is 54.3 Å². The molecular weight excluding hydrogens is 430 g/mol. The number of ether oxygens (including phenoxy) is 1. The van der Waals surface area contributed by atoms with E-state index < -0.39 is 6.10 Å². The number of phenols is 1. The lowest BCUT2D eigenvalue weighted by Gasteiger charge is -2.14. The van der Waals surface area contributed by atoms with E-state index in [1.165, 1.54) is 6.07 Å². The van der Waals surface area contributed by atoms with Gasteiger partial charge in [-0.3, -0.25) is 0 Å². The number of aromatic hydroxyl groups is 1. The molecule has 0 aliphatic carbocycles. The Hall–Kier alpha value is -2.12. The van der Waals surface area contributed by atoms with Gasteiger partial charge in [-0.05, 0) is 74.4 Å². The van der Waals surface area contributed by atoms with E-state index in [0.717, 1.165) is 75.9 Å². The summed E-state index contributed by atoms with van der Waals surface area (Å²) in [6.45, 7) is 15.8. The Labute approximate surface area is 206 Å². The van der Waals surface area contributed by atoms with Gasteiger partial charge in [0, 0.05) is 25.3 Å². The van der Waals surface area contributed by atoms with Crippen molar-refractivity contribution in [3.05, 3.63) is 65.5 Å². The highest BCUT2D eigenvalue weighted by Gasteiger charge is 2.10. The highest BCUT2D eigenvalue weighted by molar-refractivity contribution is 5.36. The summed E-state index contributed by atoms with van der Waals surface area (Å²) in [5, 5.41) is 41.9. The minimum atomic E-state index is -0.669. The van der Waals surface area contributed by atoms with Gasteiger partial charge in [0.25, 0.3) is 0 Å². The third kappa shape index (κ3) is 13.6. The Kier molecular flexibility index (Phi) is 19.0. The molecule has 0 bridgehead atoms. The van der Waals surface area contributed by atoms with Crippen LogP contribution in [-0.4, -0.2) is 46.7 Å². The Morgan fingerprint density at radius 1 is 1.09 bits per heavy atom. The molecule has 34 heavy (non-hydrogen) atoms. The van der Waals surface area contributed by atoms with E-state index in [1.54, 1.807) is 18.2 Å². The summed E-state index contributed by atoms with van der Waals surface area (Å²) in [5.74, 6) is 0.168. The molecule has 0 amide bonds. The number of rotatable bonds is 18. The van der Waals surface area contributed by atoms with Crippen LogP contribution in [0.4, 0.5) is 0 Å². The third-order valence-corrected chi connectivity index (χ3v) is 5.48. The standard InChI is InChI=1S/C26H41NO5.C2H6/c1-4-20(2)24(21(3)29)11-7-10-16-32-15-9-6-5-8-14-27-18-26(31)22-12-13-25(30)23(17-22)19-28;1-2/h4,12-13,17,26-31H,1,3,5-11,14-16,18-19H2,2H3;1-2H3/b24-20-;. The number of nitrogens with one attached hydrogen (secondary N) is 1. The molecule has 5 N–H and O–H groups in total. The second-order valence-corrected chi connectivity index (χ2v) is 8.06. The van der Waals surface area contributed by atoms with Crippen LogP contribution in [0.2, 0.25) is 0 Å². The van der Waals surface area contributed by atoms with Crippen LogP contribution in [0, 0.1) is 0 Å². The van der Waals surface area contributed by atoms with Crippen LogP contribution in [0.25, 0.3) is 0 Å². The minimum Gasteiger partial charge on any atom is -0.508 e. The van der Waals surface area contributed by atoms with Gasteiger partial charge in [-0.25, -0.2) is 0 Å². The molecule has 194 valence electrons. The second-order valence-electron chi connectivity index (χ2n) is 8.06. The summed E-state index contributed by atoms with van der Waals surface area (Å²) in [7, 11) is 0. The van der Waals surface area contributed by atoms with Crippen molar-refractivity contribution >= 4 is 0 Å². The molecule has 0 radical (unpaired) electrons. The summed E-state index contributed by atoms with van der Waals surface area (Å²) >= 11 is 0. The minimum absolute atomic E-state index is 0.0401. The lowest BCUT2D eigenvalue weighted by atomic mass is 10.0. The maximum absolute atomic E-state index is 10.2. The topological polar surface area (TPSA) is 102 Å². The highest BCUT2D eigenvalue weighted by atomic mass is 16.5. The number of unbranched alkanes of at least 4 members (excludes halogenated alkanes) is 4. The van der Waals surface area contributed by atoms with Crippen molar-refractivity contribution in [3.8, 4) is 5.75 Å². The van der Waals surface area contributed by atoms with Crippen LogP contribution < -0.4 is 5.32 Å². The Morgan fingerprint density at radius 2 is 1.74 bits per heavy atom. The predicted molar refractivity (Wildman–Crippen MR) is 141 cm³/mol. The molecule has 6 heteroatoms. The van der Waals surface area contributed by atoms with E-state index >= 15 is 0 Å². The average molecular weight is 478 g/mol. The molecule has 0 saturated carbocycles. The van der Waals surface area contributed by atoms with Crippen molar-refractivity contribution in [2.45, 2.75) is 78.4 Å². The molecule has 0 aliphatic rings. The van der Waals surface area contributed by atoms with Crippen molar-refractivity contribution in [1.82, 2.24) is 5.32 Å². The van der Waals surface area contributed by atoms with Gasteiger partial charge in [0.2, 0.25) is 0 Å². The Morgan fingerprint density at radius 3 is 2.35 bits per heavy atom. The molecule has 0 saturated heterocycles. The quantitative estimate of drug-likeness (QED) is 0.103. The van der Waals surface area contributed by atoms with Crippen molar-refractivity contribution in [3.63, 3.8) is 0 Å². The largest absolute Gasteiger partial charge is 0.508 e. The number of allylic oxidation sites excluding steroid dienone is 3. The Balaban J connectivity index is 0.00000529. The lowest BCUT2D eigenvalue weighted by molar-refractivity contribution is 0.126. The van der Waals surface area contributed by atoms with Gasteiger partial charge in [-0.2, -0.15) is 0 Å². The molecule has 1 unspecified atom stereocenters. The Bertz CT molecular complexity index is 730. The third-order valence-electron chi connectivity index (χ3n) is 5.48.